The van der Waals surface area contributed by atoms with Crippen LogP contribution in [0.4, 0.5) is 0 Å². The molecule has 1 aliphatic heterocycles. The van der Waals surface area contributed by atoms with Crippen molar-refractivity contribution in [3.05, 3.63) is 23.8 Å². The van der Waals surface area contributed by atoms with E-state index >= 15 is 0 Å². The van der Waals surface area contributed by atoms with Crippen molar-refractivity contribution in [2.45, 2.75) is 39.7 Å². The zero-order chi connectivity index (χ0) is 20.4. The van der Waals surface area contributed by atoms with Gasteiger partial charge in [-0.05, 0) is 49.8 Å². The van der Waals surface area contributed by atoms with Gasteiger partial charge >= 0.3 is 0 Å². The average molecular weight is 391 g/mol. The van der Waals surface area contributed by atoms with E-state index in [1.165, 1.54) is 32.5 Å². The zero-order valence-electron chi connectivity index (χ0n) is 18.3. The van der Waals surface area contributed by atoms with Crippen molar-refractivity contribution >= 4 is 5.96 Å². The van der Waals surface area contributed by atoms with E-state index in [0.717, 1.165) is 47.8 Å². The first-order valence-electron chi connectivity index (χ1n) is 10.4. The van der Waals surface area contributed by atoms with Crippen LogP contribution >= 0.6 is 0 Å². The van der Waals surface area contributed by atoms with Crippen LogP contribution in [0, 0.1) is 11.8 Å². The number of hydrogen-bond acceptors (Lipinski definition) is 4. The normalized spacial score (nSPS) is 20.7. The number of ether oxygens (including phenoxy) is 2. The number of guanidine groups is 1. The minimum absolute atomic E-state index is 0.649. The topological polar surface area (TPSA) is 58.1 Å². The lowest BCUT2D eigenvalue weighted by Gasteiger charge is -2.34. The molecule has 0 spiro atoms. The highest BCUT2D eigenvalue weighted by atomic mass is 16.5. The number of rotatable bonds is 9. The molecule has 6 heteroatoms. The summed E-state index contributed by atoms with van der Waals surface area (Å²) in [6, 6.07) is 5.85. The molecular formula is C22H38N4O2. The molecule has 0 radical (unpaired) electrons. The number of likely N-dealkylation sites (tertiary alicyclic amines) is 1. The molecule has 0 aliphatic carbocycles. The van der Waals surface area contributed by atoms with Gasteiger partial charge in [0.15, 0.2) is 5.96 Å². The van der Waals surface area contributed by atoms with Gasteiger partial charge in [0, 0.05) is 44.9 Å². The fourth-order valence-corrected chi connectivity index (χ4v) is 4.04. The lowest BCUT2D eigenvalue weighted by Crippen LogP contribution is -2.40. The molecule has 0 saturated carbocycles. The third-order valence-corrected chi connectivity index (χ3v) is 5.30. The van der Waals surface area contributed by atoms with E-state index in [-0.39, 0.29) is 0 Å². The Morgan fingerprint density at radius 1 is 1.11 bits per heavy atom. The van der Waals surface area contributed by atoms with Gasteiger partial charge in [0.2, 0.25) is 0 Å². The first-order chi connectivity index (χ1) is 13.5. The van der Waals surface area contributed by atoms with Gasteiger partial charge in [0.1, 0.15) is 11.5 Å². The van der Waals surface area contributed by atoms with Crippen LogP contribution in [0.3, 0.4) is 0 Å². The summed E-state index contributed by atoms with van der Waals surface area (Å²) < 4.78 is 10.7. The van der Waals surface area contributed by atoms with Crippen LogP contribution in [0.2, 0.25) is 0 Å². The molecule has 1 saturated heterocycles. The minimum Gasteiger partial charge on any atom is -0.497 e. The quantitative estimate of drug-likeness (QED) is 0.385. The third-order valence-electron chi connectivity index (χ3n) is 5.30. The molecule has 158 valence electrons. The van der Waals surface area contributed by atoms with Crippen molar-refractivity contribution in [3.8, 4) is 11.5 Å². The highest BCUT2D eigenvalue weighted by Gasteiger charge is 2.20. The van der Waals surface area contributed by atoms with Crippen LogP contribution in [-0.4, -0.2) is 58.3 Å². The van der Waals surface area contributed by atoms with E-state index in [1.807, 2.05) is 18.2 Å². The van der Waals surface area contributed by atoms with E-state index in [2.05, 4.69) is 34.4 Å². The predicted molar refractivity (Wildman–Crippen MR) is 116 cm³/mol. The molecular weight excluding hydrogens is 352 g/mol. The second-order valence-corrected chi connectivity index (χ2v) is 7.94. The number of methoxy groups -OCH3 is 2. The number of nitrogens with one attached hydrogen (secondary N) is 2. The Kier molecular flexibility index (Phi) is 9.41. The summed E-state index contributed by atoms with van der Waals surface area (Å²) in [5.74, 6) is 4.09. The van der Waals surface area contributed by atoms with Crippen LogP contribution in [0.5, 0.6) is 11.5 Å². The SMILES string of the molecule is CN=C(NCCCCN1CC(C)CC(C)C1)NCc1ccc(OC)cc1OC. The second kappa shape index (κ2) is 11.8. The molecule has 1 heterocycles. The molecule has 28 heavy (non-hydrogen) atoms. The number of hydrogen-bond donors (Lipinski definition) is 2. The summed E-state index contributed by atoms with van der Waals surface area (Å²) >= 11 is 0. The number of benzene rings is 1. The molecule has 0 amide bonds. The van der Waals surface area contributed by atoms with Crippen LogP contribution in [0.1, 0.15) is 38.7 Å². The highest BCUT2D eigenvalue weighted by molar-refractivity contribution is 5.79. The molecule has 2 unspecified atom stereocenters. The van der Waals surface area contributed by atoms with Gasteiger partial charge in [0.25, 0.3) is 0 Å². The summed E-state index contributed by atoms with van der Waals surface area (Å²) in [6.45, 7) is 10.0. The Balaban J connectivity index is 1.68. The van der Waals surface area contributed by atoms with E-state index in [0.29, 0.717) is 6.54 Å². The molecule has 6 nitrogen and oxygen atoms in total. The van der Waals surface area contributed by atoms with Crippen LogP contribution in [0.25, 0.3) is 0 Å². The van der Waals surface area contributed by atoms with Crippen molar-refractivity contribution in [2.75, 3.05) is 47.4 Å². The van der Waals surface area contributed by atoms with Crippen molar-refractivity contribution in [1.82, 2.24) is 15.5 Å². The van der Waals surface area contributed by atoms with Crippen molar-refractivity contribution in [3.63, 3.8) is 0 Å². The number of piperidine rings is 1. The lowest BCUT2D eigenvalue weighted by atomic mass is 9.92. The van der Waals surface area contributed by atoms with Gasteiger partial charge in [-0.3, -0.25) is 4.99 Å². The minimum atomic E-state index is 0.649. The standard InChI is InChI=1S/C22H38N4O2/c1-17-12-18(2)16-26(15-17)11-7-6-10-24-22(23-3)25-14-19-8-9-20(27-4)13-21(19)28-5/h8-9,13,17-18H,6-7,10-12,14-16H2,1-5H3,(H2,23,24,25). The molecule has 2 N–H and O–H groups in total. The van der Waals surface area contributed by atoms with E-state index in [1.54, 1.807) is 21.3 Å². The maximum Gasteiger partial charge on any atom is 0.191 e. The number of nitrogens with zero attached hydrogens (tertiary/aromatic N) is 2. The van der Waals surface area contributed by atoms with Gasteiger partial charge in [-0.25, -0.2) is 0 Å². The van der Waals surface area contributed by atoms with E-state index in [4.69, 9.17) is 9.47 Å². The van der Waals surface area contributed by atoms with E-state index < -0.39 is 0 Å². The Bertz CT molecular complexity index is 611. The second-order valence-electron chi connectivity index (χ2n) is 7.94. The molecule has 2 rings (SSSR count). The van der Waals surface area contributed by atoms with Crippen LogP contribution in [-0.2, 0) is 6.54 Å². The summed E-state index contributed by atoms with van der Waals surface area (Å²) in [7, 11) is 5.14. The van der Waals surface area contributed by atoms with Gasteiger partial charge in [-0.1, -0.05) is 13.8 Å². The Morgan fingerprint density at radius 2 is 1.86 bits per heavy atom. The molecule has 1 aliphatic rings. The molecule has 2 atom stereocenters. The largest absolute Gasteiger partial charge is 0.497 e. The molecule has 0 bridgehead atoms. The first kappa shape index (κ1) is 22.3. The fraction of sp³-hybridized carbons (Fsp3) is 0.682. The summed E-state index contributed by atoms with van der Waals surface area (Å²) in [5, 5.41) is 6.77. The maximum absolute atomic E-state index is 5.45. The molecule has 1 aromatic carbocycles. The zero-order valence-corrected chi connectivity index (χ0v) is 18.3. The van der Waals surface area contributed by atoms with Crippen molar-refractivity contribution in [2.24, 2.45) is 16.8 Å². The summed E-state index contributed by atoms with van der Waals surface area (Å²) in [4.78, 5) is 6.95. The maximum atomic E-state index is 5.45. The summed E-state index contributed by atoms with van der Waals surface area (Å²) in [5.41, 5.74) is 1.07. The molecule has 1 aromatic rings. The lowest BCUT2D eigenvalue weighted by molar-refractivity contribution is 0.139. The Labute approximate surface area is 170 Å². The van der Waals surface area contributed by atoms with Gasteiger partial charge in [-0.15, -0.1) is 0 Å². The smallest absolute Gasteiger partial charge is 0.191 e. The molecule has 1 fully saturated rings. The predicted octanol–water partition coefficient (Wildman–Crippen LogP) is 3.13. The Morgan fingerprint density at radius 3 is 2.50 bits per heavy atom. The van der Waals surface area contributed by atoms with Gasteiger partial charge < -0.3 is 25.0 Å². The monoisotopic (exact) mass is 390 g/mol. The number of aliphatic imine (C=N–C) groups is 1. The van der Waals surface area contributed by atoms with E-state index in [9.17, 15) is 0 Å². The van der Waals surface area contributed by atoms with Gasteiger partial charge in [0.05, 0.1) is 14.2 Å². The Hall–Kier alpha value is -1.95. The fourth-order valence-electron chi connectivity index (χ4n) is 4.04. The summed E-state index contributed by atoms with van der Waals surface area (Å²) in [6.07, 6.45) is 3.74. The number of unbranched alkanes of at least 4 members (excludes halogenated alkanes) is 1. The van der Waals surface area contributed by atoms with Gasteiger partial charge in [-0.2, -0.15) is 0 Å². The van der Waals surface area contributed by atoms with Crippen LogP contribution in [0.15, 0.2) is 23.2 Å². The average Bonchev–Trinajstić information content (AvgIpc) is 2.69. The van der Waals surface area contributed by atoms with Crippen LogP contribution < -0.4 is 20.1 Å². The third kappa shape index (κ3) is 7.23. The first-order valence-corrected chi connectivity index (χ1v) is 10.4. The highest BCUT2D eigenvalue weighted by Crippen LogP contribution is 2.24. The van der Waals surface area contributed by atoms with Crippen molar-refractivity contribution in [1.29, 1.82) is 0 Å². The van der Waals surface area contributed by atoms with Crippen molar-refractivity contribution < 1.29 is 9.47 Å². The molecule has 0 aromatic heterocycles.